The van der Waals surface area contributed by atoms with Gasteiger partial charge in [-0.1, -0.05) is 18.5 Å². The Labute approximate surface area is 105 Å². The van der Waals surface area contributed by atoms with Crippen molar-refractivity contribution in [1.29, 1.82) is 0 Å². The second-order valence-corrected chi connectivity index (χ2v) is 4.54. The first kappa shape index (κ1) is 12.1. The summed E-state index contributed by atoms with van der Waals surface area (Å²) in [5.74, 6) is 1.01. The van der Waals surface area contributed by atoms with Crippen molar-refractivity contribution in [3.8, 4) is 11.6 Å². The fraction of sp³-hybridized carbons (Fsp3) is 0.545. The summed E-state index contributed by atoms with van der Waals surface area (Å²) in [6.45, 7) is 3.99. The summed E-state index contributed by atoms with van der Waals surface area (Å²) in [5, 5.41) is 7.95. The molecule has 6 heteroatoms. The standard InChI is InChI=1S/C11H15ClN4O/c1-4-5-8(12)10-13-11(17-15-10)9-6-7(2)14-16(9)3/h6,8H,4-5H2,1-3H3. The fourth-order valence-corrected chi connectivity index (χ4v) is 1.97. The molecule has 2 heterocycles. The Bertz CT molecular complexity index is 505. The van der Waals surface area contributed by atoms with E-state index in [1.54, 1.807) is 4.68 Å². The molecule has 2 aromatic heterocycles. The van der Waals surface area contributed by atoms with Crippen molar-refractivity contribution in [3.05, 3.63) is 17.6 Å². The second kappa shape index (κ2) is 4.87. The van der Waals surface area contributed by atoms with Crippen molar-refractivity contribution in [2.45, 2.75) is 32.1 Å². The largest absolute Gasteiger partial charge is 0.332 e. The smallest absolute Gasteiger partial charge is 0.276 e. The van der Waals surface area contributed by atoms with Gasteiger partial charge in [-0.3, -0.25) is 4.68 Å². The van der Waals surface area contributed by atoms with Crippen LogP contribution in [-0.2, 0) is 7.05 Å². The highest BCUT2D eigenvalue weighted by molar-refractivity contribution is 6.20. The SMILES string of the molecule is CCCC(Cl)c1noc(-c2cc(C)nn2C)n1. The van der Waals surface area contributed by atoms with Gasteiger partial charge < -0.3 is 4.52 Å². The molecule has 0 saturated heterocycles. The Morgan fingerprint density at radius 2 is 2.29 bits per heavy atom. The maximum atomic E-state index is 6.14. The second-order valence-electron chi connectivity index (χ2n) is 4.01. The molecule has 17 heavy (non-hydrogen) atoms. The highest BCUT2D eigenvalue weighted by Crippen LogP contribution is 2.25. The lowest BCUT2D eigenvalue weighted by Gasteiger charge is -1.99. The van der Waals surface area contributed by atoms with Crippen molar-refractivity contribution >= 4 is 11.6 Å². The molecule has 2 aromatic rings. The number of alkyl halides is 1. The molecular formula is C11H15ClN4O. The number of hydrogen-bond donors (Lipinski definition) is 0. The Morgan fingerprint density at radius 3 is 2.88 bits per heavy atom. The lowest BCUT2D eigenvalue weighted by Crippen LogP contribution is -1.95. The fourth-order valence-electron chi connectivity index (χ4n) is 1.66. The minimum atomic E-state index is -0.188. The molecule has 0 saturated carbocycles. The minimum absolute atomic E-state index is 0.188. The molecule has 0 bridgehead atoms. The normalized spacial score (nSPS) is 12.9. The first-order chi connectivity index (χ1) is 8.11. The molecule has 1 unspecified atom stereocenters. The van der Waals surface area contributed by atoms with Gasteiger partial charge in [-0.15, -0.1) is 11.6 Å². The third-order valence-electron chi connectivity index (χ3n) is 2.49. The average molecular weight is 255 g/mol. The van der Waals surface area contributed by atoms with Gasteiger partial charge in [-0.05, 0) is 19.4 Å². The summed E-state index contributed by atoms with van der Waals surface area (Å²) >= 11 is 6.14. The van der Waals surface area contributed by atoms with Crippen molar-refractivity contribution in [2.75, 3.05) is 0 Å². The van der Waals surface area contributed by atoms with Crippen LogP contribution in [0.3, 0.4) is 0 Å². The predicted octanol–water partition coefficient (Wildman–Crippen LogP) is 2.86. The highest BCUT2D eigenvalue weighted by atomic mass is 35.5. The summed E-state index contributed by atoms with van der Waals surface area (Å²) in [6.07, 6.45) is 1.83. The van der Waals surface area contributed by atoms with Gasteiger partial charge in [-0.2, -0.15) is 10.1 Å². The molecule has 5 nitrogen and oxygen atoms in total. The minimum Gasteiger partial charge on any atom is -0.332 e. The van der Waals surface area contributed by atoms with Crippen LogP contribution in [0, 0.1) is 6.92 Å². The van der Waals surface area contributed by atoms with Crippen LogP contribution in [-0.4, -0.2) is 19.9 Å². The molecule has 0 aliphatic heterocycles. The number of rotatable bonds is 4. The molecule has 2 rings (SSSR count). The van der Waals surface area contributed by atoms with Crippen LogP contribution < -0.4 is 0 Å². The predicted molar refractivity (Wildman–Crippen MR) is 64.7 cm³/mol. The lowest BCUT2D eigenvalue weighted by molar-refractivity contribution is 0.417. The molecule has 0 N–H and O–H groups in total. The van der Waals surface area contributed by atoms with E-state index in [4.69, 9.17) is 16.1 Å². The van der Waals surface area contributed by atoms with Gasteiger partial charge in [-0.25, -0.2) is 0 Å². The first-order valence-electron chi connectivity index (χ1n) is 5.60. The molecule has 0 aliphatic rings. The Hall–Kier alpha value is -1.36. The average Bonchev–Trinajstić information content (AvgIpc) is 2.85. The molecule has 0 aromatic carbocycles. The lowest BCUT2D eigenvalue weighted by atomic mass is 10.2. The Kier molecular flexibility index (Phi) is 3.47. The van der Waals surface area contributed by atoms with E-state index >= 15 is 0 Å². The Balaban J connectivity index is 2.26. The third-order valence-corrected chi connectivity index (χ3v) is 2.90. The zero-order chi connectivity index (χ0) is 12.4. The van der Waals surface area contributed by atoms with E-state index < -0.39 is 0 Å². The van der Waals surface area contributed by atoms with Crippen molar-refractivity contribution in [3.63, 3.8) is 0 Å². The molecule has 0 fully saturated rings. The maximum absolute atomic E-state index is 6.14. The monoisotopic (exact) mass is 254 g/mol. The van der Waals surface area contributed by atoms with Gasteiger partial charge in [0.15, 0.2) is 5.82 Å². The van der Waals surface area contributed by atoms with Gasteiger partial charge in [0.25, 0.3) is 5.89 Å². The van der Waals surface area contributed by atoms with E-state index in [0.717, 1.165) is 24.2 Å². The number of aromatic nitrogens is 4. The van der Waals surface area contributed by atoms with Crippen LogP contribution >= 0.6 is 11.6 Å². The molecule has 0 radical (unpaired) electrons. The summed E-state index contributed by atoms with van der Waals surface area (Å²) in [7, 11) is 1.84. The van der Waals surface area contributed by atoms with Crippen LogP contribution in [0.4, 0.5) is 0 Å². The van der Waals surface area contributed by atoms with Crippen LogP contribution in [0.1, 0.15) is 36.7 Å². The van der Waals surface area contributed by atoms with Crippen LogP contribution in [0.5, 0.6) is 0 Å². The molecule has 0 spiro atoms. The molecule has 1 atom stereocenters. The van der Waals surface area contributed by atoms with Crippen LogP contribution in [0.25, 0.3) is 11.6 Å². The van der Waals surface area contributed by atoms with Crippen LogP contribution in [0.2, 0.25) is 0 Å². The van der Waals surface area contributed by atoms with Crippen molar-refractivity contribution < 1.29 is 4.52 Å². The molecule has 0 amide bonds. The maximum Gasteiger partial charge on any atom is 0.276 e. The van der Waals surface area contributed by atoms with Crippen molar-refractivity contribution in [2.24, 2.45) is 7.05 Å². The van der Waals surface area contributed by atoms with Crippen molar-refractivity contribution in [1.82, 2.24) is 19.9 Å². The highest BCUT2D eigenvalue weighted by Gasteiger charge is 2.18. The van der Waals surface area contributed by atoms with E-state index in [-0.39, 0.29) is 5.38 Å². The number of hydrogen-bond acceptors (Lipinski definition) is 4. The van der Waals surface area contributed by atoms with Gasteiger partial charge in [0.05, 0.1) is 11.1 Å². The van der Waals surface area contributed by atoms with E-state index in [1.165, 1.54) is 0 Å². The summed E-state index contributed by atoms with van der Waals surface area (Å²) < 4.78 is 6.92. The van der Waals surface area contributed by atoms with Gasteiger partial charge >= 0.3 is 0 Å². The third kappa shape index (κ3) is 2.49. The van der Waals surface area contributed by atoms with Gasteiger partial charge in [0, 0.05) is 7.05 Å². The summed E-state index contributed by atoms with van der Waals surface area (Å²) in [5.41, 5.74) is 1.72. The molecule has 0 aliphatic carbocycles. The van der Waals surface area contributed by atoms with E-state index in [9.17, 15) is 0 Å². The molecule has 92 valence electrons. The Morgan fingerprint density at radius 1 is 1.53 bits per heavy atom. The topological polar surface area (TPSA) is 56.7 Å². The zero-order valence-electron chi connectivity index (χ0n) is 10.1. The molecular weight excluding hydrogens is 240 g/mol. The van der Waals surface area contributed by atoms with Gasteiger partial charge in [0.1, 0.15) is 5.69 Å². The quantitative estimate of drug-likeness (QED) is 0.788. The number of aryl methyl sites for hydroxylation is 2. The summed E-state index contributed by atoms with van der Waals surface area (Å²) in [6, 6.07) is 1.90. The van der Waals surface area contributed by atoms with Crippen LogP contribution in [0.15, 0.2) is 10.6 Å². The first-order valence-corrected chi connectivity index (χ1v) is 6.04. The van der Waals surface area contributed by atoms with E-state index in [2.05, 4.69) is 22.2 Å². The van der Waals surface area contributed by atoms with E-state index in [1.807, 2.05) is 20.0 Å². The number of halogens is 1. The summed E-state index contributed by atoms with van der Waals surface area (Å²) in [4.78, 5) is 4.30. The zero-order valence-corrected chi connectivity index (χ0v) is 10.9. The van der Waals surface area contributed by atoms with E-state index in [0.29, 0.717) is 11.7 Å². The number of nitrogens with zero attached hydrogens (tertiary/aromatic N) is 4. The van der Waals surface area contributed by atoms with Gasteiger partial charge in [0.2, 0.25) is 0 Å².